The van der Waals surface area contributed by atoms with Crippen LogP contribution in [-0.2, 0) is 16.0 Å². The van der Waals surface area contributed by atoms with Gasteiger partial charge in [0.15, 0.2) is 5.65 Å². The molecule has 25 heavy (non-hydrogen) atoms. The summed E-state index contributed by atoms with van der Waals surface area (Å²) < 4.78 is 0. The number of aromatic amines is 1. The lowest BCUT2D eigenvalue weighted by Crippen LogP contribution is -2.44. The van der Waals surface area contributed by atoms with E-state index in [2.05, 4.69) is 20.5 Å². The van der Waals surface area contributed by atoms with Gasteiger partial charge in [0, 0.05) is 17.7 Å². The topological polar surface area (TPSA) is 114 Å². The van der Waals surface area contributed by atoms with Gasteiger partial charge in [-0.15, -0.1) is 0 Å². The Morgan fingerprint density at radius 3 is 2.80 bits per heavy atom. The van der Waals surface area contributed by atoms with E-state index in [1.807, 2.05) is 36.4 Å². The third-order valence-corrected chi connectivity index (χ3v) is 3.64. The number of nitrogens with zero attached hydrogens (tertiary/aromatic N) is 2. The number of nitrogens with one attached hydrogen (secondary N) is 2. The van der Waals surface area contributed by atoms with Crippen molar-refractivity contribution < 1.29 is 9.59 Å². The smallest absolute Gasteiger partial charge is 0.250 e. The van der Waals surface area contributed by atoms with Crippen molar-refractivity contribution in [2.24, 2.45) is 5.73 Å². The average Bonchev–Trinajstić information content (AvgIpc) is 3.04. The van der Waals surface area contributed by atoms with E-state index in [0.717, 1.165) is 10.9 Å². The number of carbonyl (C=O) groups is 2. The molecule has 7 heteroatoms. The molecule has 1 atom stereocenters. The highest BCUT2D eigenvalue weighted by Crippen LogP contribution is 2.13. The molecule has 2 aromatic heterocycles. The summed E-state index contributed by atoms with van der Waals surface area (Å²) in [6, 6.07) is 12.2. The Kier molecular flexibility index (Phi) is 4.96. The number of hydrogen-bond acceptors (Lipinski definition) is 5. The van der Waals surface area contributed by atoms with Crippen molar-refractivity contribution >= 4 is 28.9 Å². The van der Waals surface area contributed by atoms with Crippen molar-refractivity contribution in [3.05, 3.63) is 66.0 Å². The summed E-state index contributed by atoms with van der Waals surface area (Å²) in [6.07, 6.45) is 4.77. The molecule has 0 fully saturated rings. The molecular weight excluding hydrogens is 318 g/mol. The lowest BCUT2D eigenvalue weighted by atomic mass is 10.1. The predicted molar refractivity (Wildman–Crippen MR) is 94.2 cm³/mol. The number of pyridine rings is 1. The summed E-state index contributed by atoms with van der Waals surface area (Å²) in [4.78, 5) is 28.0. The molecular formula is C18H17N5O2. The van der Waals surface area contributed by atoms with E-state index in [1.165, 1.54) is 12.2 Å². The van der Waals surface area contributed by atoms with Crippen molar-refractivity contribution in [2.75, 3.05) is 0 Å². The van der Waals surface area contributed by atoms with Crippen LogP contribution in [0.3, 0.4) is 0 Å². The minimum atomic E-state index is -0.796. The largest absolute Gasteiger partial charge is 0.320 e. The van der Waals surface area contributed by atoms with Gasteiger partial charge in [-0.2, -0.15) is 5.10 Å². The highest BCUT2D eigenvalue weighted by molar-refractivity contribution is 6.05. The monoisotopic (exact) mass is 335 g/mol. The molecule has 2 amide bonds. The fourth-order valence-corrected chi connectivity index (χ4v) is 2.37. The quantitative estimate of drug-likeness (QED) is 0.606. The zero-order valence-electron chi connectivity index (χ0n) is 13.3. The molecule has 0 unspecified atom stereocenters. The summed E-state index contributed by atoms with van der Waals surface area (Å²) in [5, 5.41) is 9.90. The van der Waals surface area contributed by atoms with Crippen LogP contribution in [0.2, 0.25) is 0 Å². The van der Waals surface area contributed by atoms with Gasteiger partial charge in [-0.3, -0.25) is 20.0 Å². The first-order valence-electron chi connectivity index (χ1n) is 7.75. The highest BCUT2D eigenvalue weighted by atomic mass is 16.2. The van der Waals surface area contributed by atoms with E-state index in [-0.39, 0.29) is 0 Å². The standard InChI is InChI=1S/C18H17N5O2/c19-14(11-12-5-2-1-3-6-12)18(25)21-16(24)9-8-15-13-7-4-10-20-17(13)23-22-15/h1-10,14H,11,19H2,(H,20,22,23)(H,21,24,25)/b9-8+/t14-/m0/s1. The van der Waals surface area contributed by atoms with Gasteiger partial charge in [0.25, 0.3) is 5.91 Å². The molecule has 4 N–H and O–H groups in total. The number of nitrogens with two attached hydrogens (primary N) is 1. The number of amides is 2. The first-order valence-corrected chi connectivity index (χ1v) is 7.75. The summed E-state index contributed by atoms with van der Waals surface area (Å²) in [5.74, 6) is -1.07. The molecule has 0 radical (unpaired) electrons. The maximum absolute atomic E-state index is 12.0. The van der Waals surface area contributed by atoms with Crippen LogP contribution in [-0.4, -0.2) is 33.0 Å². The van der Waals surface area contributed by atoms with Gasteiger partial charge < -0.3 is 5.73 Å². The van der Waals surface area contributed by atoms with E-state index in [9.17, 15) is 9.59 Å². The molecule has 3 aromatic rings. The molecule has 0 spiro atoms. The Bertz CT molecular complexity index is 917. The van der Waals surface area contributed by atoms with Gasteiger partial charge >= 0.3 is 0 Å². The first kappa shape index (κ1) is 16.5. The Morgan fingerprint density at radius 1 is 1.20 bits per heavy atom. The third-order valence-electron chi connectivity index (χ3n) is 3.64. The van der Waals surface area contributed by atoms with Crippen LogP contribution in [0, 0.1) is 0 Å². The van der Waals surface area contributed by atoms with E-state index < -0.39 is 17.9 Å². The SMILES string of the molecule is N[C@@H](Cc1ccccc1)C(=O)NC(=O)/C=C/c1n[nH]c2ncccc12. The van der Waals surface area contributed by atoms with Gasteiger partial charge in [-0.25, -0.2) is 4.98 Å². The molecule has 2 heterocycles. The normalized spacial score (nSPS) is 12.4. The molecule has 0 bridgehead atoms. The van der Waals surface area contributed by atoms with E-state index >= 15 is 0 Å². The average molecular weight is 335 g/mol. The number of H-pyrrole nitrogens is 1. The maximum Gasteiger partial charge on any atom is 0.250 e. The van der Waals surface area contributed by atoms with Gasteiger partial charge in [0.2, 0.25) is 5.91 Å². The van der Waals surface area contributed by atoms with Crippen molar-refractivity contribution in [1.82, 2.24) is 20.5 Å². The minimum Gasteiger partial charge on any atom is -0.320 e. The second kappa shape index (κ2) is 7.50. The maximum atomic E-state index is 12.0. The van der Waals surface area contributed by atoms with Crippen LogP contribution in [0.25, 0.3) is 17.1 Å². The lowest BCUT2D eigenvalue weighted by molar-refractivity contribution is -0.128. The lowest BCUT2D eigenvalue weighted by Gasteiger charge is -2.10. The fraction of sp³-hybridized carbons (Fsp3) is 0.111. The molecule has 126 valence electrons. The van der Waals surface area contributed by atoms with Crippen LogP contribution in [0.5, 0.6) is 0 Å². The fourth-order valence-electron chi connectivity index (χ4n) is 2.37. The Morgan fingerprint density at radius 2 is 2.00 bits per heavy atom. The highest BCUT2D eigenvalue weighted by Gasteiger charge is 2.15. The summed E-state index contributed by atoms with van der Waals surface area (Å²) in [7, 11) is 0. The number of benzene rings is 1. The van der Waals surface area contributed by atoms with Crippen molar-refractivity contribution in [2.45, 2.75) is 12.5 Å². The molecule has 0 aliphatic rings. The molecule has 3 rings (SSSR count). The zero-order valence-corrected chi connectivity index (χ0v) is 13.3. The molecule has 1 aromatic carbocycles. The number of carbonyl (C=O) groups excluding carboxylic acids is 2. The summed E-state index contributed by atoms with van der Waals surface area (Å²) in [5.41, 5.74) is 7.98. The van der Waals surface area contributed by atoms with Gasteiger partial charge in [0.1, 0.15) is 0 Å². The Hall–Kier alpha value is -3.32. The summed E-state index contributed by atoms with van der Waals surface area (Å²) >= 11 is 0. The second-order valence-corrected chi connectivity index (χ2v) is 5.49. The van der Waals surface area contributed by atoms with Gasteiger partial charge in [0.05, 0.1) is 11.7 Å². The Labute approximate surface area is 143 Å². The number of rotatable bonds is 5. The summed E-state index contributed by atoms with van der Waals surface area (Å²) in [6.45, 7) is 0. The molecule has 0 saturated carbocycles. The van der Waals surface area contributed by atoms with Crippen LogP contribution < -0.4 is 11.1 Å². The van der Waals surface area contributed by atoms with E-state index in [1.54, 1.807) is 12.3 Å². The van der Waals surface area contributed by atoms with Gasteiger partial charge in [-0.05, 0) is 30.2 Å². The molecule has 0 saturated heterocycles. The number of imide groups is 1. The number of hydrogen-bond donors (Lipinski definition) is 3. The number of fused-ring (bicyclic) bond motifs is 1. The van der Waals surface area contributed by atoms with Crippen LogP contribution in [0.15, 0.2) is 54.7 Å². The second-order valence-electron chi connectivity index (χ2n) is 5.49. The zero-order chi connectivity index (χ0) is 17.6. The predicted octanol–water partition coefficient (Wildman–Crippen LogP) is 1.18. The molecule has 7 nitrogen and oxygen atoms in total. The van der Waals surface area contributed by atoms with Crippen LogP contribution >= 0.6 is 0 Å². The minimum absolute atomic E-state index is 0.360. The van der Waals surface area contributed by atoms with Crippen LogP contribution in [0.1, 0.15) is 11.3 Å². The molecule has 0 aliphatic carbocycles. The van der Waals surface area contributed by atoms with Crippen molar-refractivity contribution in [1.29, 1.82) is 0 Å². The Balaban J connectivity index is 1.59. The number of aromatic nitrogens is 3. The van der Waals surface area contributed by atoms with Crippen molar-refractivity contribution in [3.8, 4) is 0 Å². The first-order chi connectivity index (χ1) is 12.1. The van der Waals surface area contributed by atoms with Gasteiger partial charge in [-0.1, -0.05) is 30.3 Å². The third kappa shape index (κ3) is 4.15. The van der Waals surface area contributed by atoms with E-state index in [0.29, 0.717) is 17.8 Å². The van der Waals surface area contributed by atoms with E-state index in [4.69, 9.17) is 5.73 Å². The van der Waals surface area contributed by atoms with Crippen molar-refractivity contribution in [3.63, 3.8) is 0 Å². The molecule has 0 aliphatic heterocycles. The van der Waals surface area contributed by atoms with Crippen LogP contribution in [0.4, 0.5) is 0 Å².